The third-order valence-corrected chi connectivity index (χ3v) is 9.11. The molecule has 3 fully saturated rings. The number of amides is 1. The maximum absolute atomic E-state index is 13.3. The molecule has 1 aromatic heterocycles. The molecule has 0 bridgehead atoms. The van der Waals surface area contributed by atoms with Gasteiger partial charge in [0.15, 0.2) is 0 Å². The van der Waals surface area contributed by atoms with Crippen molar-refractivity contribution in [2.24, 2.45) is 0 Å². The van der Waals surface area contributed by atoms with Crippen LogP contribution in [0, 0.1) is 0 Å². The lowest BCUT2D eigenvalue weighted by atomic mass is 10.0. The predicted octanol–water partition coefficient (Wildman–Crippen LogP) is 3.18. The molecule has 0 unspecified atom stereocenters. The zero-order chi connectivity index (χ0) is 30.4. The highest BCUT2D eigenvalue weighted by atomic mass is 19.4. The second kappa shape index (κ2) is 11.6. The minimum atomic E-state index is -4.80. The smallest absolute Gasteiger partial charge is 0.462 e. The van der Waals surface area contributed by atoms with Gasteiger partial charge in [-0.1, -0.05) is 24.3 Å². The summed E-state index contributed by atoms with van der Waals surface area (Å²) in [5.41, 5.74) is 2.47. The summed E-state index contributed by atoms with van der Waals surface area (Å²) in [6, 6.07) is 10.7. The second-order valence-corrected chi connectivity index (χ2v) is 12.0. The number of carbonyl (C=O) groups is 1. The molecule has 0 radical (unpaired) electrons. The lowest BCUT2D eigenvalue weighted by molar-refractivity contribution is -0.274. The van der Waals surface area contributed by atoms with E-state index in [1.54, 1.807) is 18.2 Å². The average molecular weight is 612 g/mol. The number of aromatic nitrogens is 2. The Hall–Kier alpha value is -3.84. The van der Waals surface area contributed by atoms with E-state index < -0.39 is 6.36 Å². The number of piperazine rings is 1. The van der Waals surface area contributed by atoms with Crippen LogP contribution in [0.5, 0.6) is 11.8 Å². The fourth-order valence-electron chi connectivity index (χ4n) is 6.63. The Kier molecular flexibility index (Phi) is 7.61. The van der Waals surface area contributed by atoms with E-state index in [0.717, 1.165) is 43.0 Å². The van der Waals surface area contributed by atoms with Crippen LogP contribution in [0.4, 0.5) is 24.7 Å². The summed E-state index contributed by atoms with van der Waals surface area (Å²) in [6.45, 7) is 5.74. The van der Waals surface area contributed by atoms with Crippen LogP contribution in [-0.2, 0) is 17.8 Å². The fraction of sp³-hybridized carbons (Fsp3) is 0.516. The van der Waals surface area contributed by atoms with Crippen molar-refractivity contribution in [3.63, 3.8) is 0 Å². The Morgan fingerprint density at radius 3 is 2.50 bits per heavy atom. The van der Waals surface area contributed by atoms with Crippen LogP contribution in [0.15, 0.2) is 36.4 Å². The number of hydrogen-bond donors (Lipinski definition) is 1. The molecule has 1 N–H and O–H groups in total. The number of likely N-dealkylation sites (tertiary alicyclic amines) is 1. The highest BCUT2D eigenvalue weighted by Gasteiger charge is 2.36. The van der Waals surface area contributed by atoms with E-state index in [2.05, 4.69) is 31.8 Å². The van der Waals surface area contributed by atoms with Crippen molar-refractivity contribution in [3.05, 3.63) is 47.7 Å². The molecule has 0 saturated carbocycles. The molecule has 4 aliphatic rings. The average Bonchev–Trinajstić information content (AvgIpc) is 3.79. The van der Waals surface area contributed by atoms with Gasteiger partial charge in [-0.15, -0.1) is 13.2 Å². The first-order valence-electron chi connectivity index (χ1n) is 15.3. The number of benzene rings is 2. The Bertz CT molecular complexity index is 1540. The molecule has 3 aromatic rings. The molecule has 44 heavy (non-hydrogen) atoms. The summed E-state index contributed by atoms with van der Waals surface area (Å²) in [4.78, 5) is 30.8. The van der Waals surface area contributed by atoms with Crippen molar-refractivity contribution < 1.29 is 27.4 Å². The van der Waals surface area contributed by atoms with Crippen LogP contribution in [0.25, 0.3) is 10.8 Å². The molecule has 5 heterocycles. The van der Waals surface area contributed by atoms with Gasteiger partial charge in [-0.25, -0.2) is 0 Å². The number of likely N-dealkylation sites (N-methyl/N-ethyl adjacent to an activating group) is 1. The third kappa shape index (κ3) is 5.94. The zero-order valence-electron chi connectivity index (χ0n) is 24.6. The van der Waals surface area contributed by atoms with Crippen LogP contribution < -0.4 is 24.6 Å². The molecule has 13 heteroatoms. The number of ether oxygens (including phenoxy) is 2. The van der Waals surface area contributed by atoms with E-state index >= 15 is 0 Å². The predicted molar refractivity (Wildman–Crippen MR) is 159 cm³/mol. The highest BCUT2D eigenvalue weighted by Crippen LogP contribution is 2.40. The van der Waals surface area contributed by atoms with Gasteiger partial charge < -0.3 is 34.4 Å². The first-order valence-corrected chi connectivity index (χ1v) is 15.3. The Labute approximate surface area is 253 Å². The number of alkyl halides is 3. The van der Waals surface area contributed by atoms with E-state index in [1.807, 2.05) is 17.0 Å². The van der Waals surface area contributed by atoms with Crippen molar-refractivity contribution >= 4 is 28.2 Å². The Morgan fingerprint density at radius 1 is 1.02 bits per heavy atom. The number of nitrogens with zero attached hydrogens (tertiary/aromatic N) is 6. The van der Waals surface area contributed by atoms with E-state index in [1.165, 1.54) is 6.07 Å². The molecule has 10 nitrogen and oxygen atoms in total. The summed E-state index contributed by atoms with van der Waals surface area (Å²) in [6.07, 6.45) is -2.01. The Morgan fingerprint density at radius 2 is 1.80 bits per heavy atom. The number of carbonyl (C=O) groups excluding carboxylic acids is 1. The molecule has 1 amide bonds. The summed E-state index contributed by atoms with van der Waals surface area (Å²) >= 11 is 0. The molecular weight excluding hydrogens is 575 g/mol. The van der Waals surface area contributed by atoms with Crippen LogP contribution in [0.2, 0.25) is 0 Å². The SMILES string of the molecule is CN1CCC[C@H]1COc1nc2c(c(N3CCN(C(=O)[C@H]4CN4)CC3)n1)CCN(c1cccc3cccc(OC(F)(F)F)c13)C2. The molecule has 0 aliphatic carbocycles. The van der Waals surface area contributed by atoms with Gasteiger partial charge in [-0.05, 0) is 50.4 Å². The van der Waals surface area contributed by atoms with Crippen molar-refractivity contribution in [1.29, 1.82) is 0 Å². The Balaban J connectivity index is 1.19. The topological polar surface area (TPSA) is 96.2 Å². The molecule has 0 spiro atoms. The number of fused-ring (bicyclic) bond motifs is 2. The minimum Gasteiger partial charge on any atom is -0.462 e. The van der Waals surface area contributed by atoms with Crippen LogP contribution >= 0.6 is 0 Å². The maximum atomic E-state index is 13.3. The lowest BCUT2D eigenvalue weighted by Gasteiger charge is -2.38. The first kappa shape index (κ1) is 28.9. The molecule has 2 atom stereocenters. The van der Waals surface area contributed by atoms with Crippen molar-refractivity contribution in [1.82, 2.24) is 25.1 Å². The molecular formula is C31H36F3N7O3. The molecule has 3 saturated heterocycles. The lowest BCUT2D eigenvalue weighted by Crippen LogP contribution is -2.51. The quantitative estimate of drug-likeness (QED) is 0.404. The largest absolute Gasteiger partial charge is 0.573 e. The van der Waals surface area contributed by atoms with E-state index in [4.69, 9.17) is 14.7 Å². The summed E-state index contributed by atoms with van der Waals surface area (Å²) < 4.78 is 50.6. The molecule has 234 valence electrons. The van der Waals surface area contributed by atoms with Gasteiger partial charge in [0.1, 0.15) is 18.2 Å². The molecule has 7 rings (SSSR count). The van der Waals surface area contributed by atoms with Gasteiger partial charge in [0.05, 0.1) is 18.3 Å². The zero-order valence-corrected chi connectivity index (χ0v) is 24.6. The molecule has 2 aromatic carbocycles. The first-order chi connectivity index (χ1) is 21.2. The number of hydrogen-bond acceptors (Lipinski definition) is 9. The number of halogens is 3. The minimum absolute atomic E-state index is 0.0517. The van der Waals surface area contributed by atoms with E-state index in [-0.39, 0.29) is 17.7 Å². The molecule has 4 aliphatic heterocycles. The highest BCUT2D eigenvalue weighted by molar-refractivity contribution is 5.99. The number of nitrogens with one attached hydrogen (secondary N) is 1. The summed E-state index contributed by atoms with van der Waals surface area (Å²) in [5, 5.41) is 4.17. The monoisotopic (exact) mass is 611 g/mol. The van der Waals surface area contributed by atoms with Gasteiger partial charge in [-0.3, -0.25) is 4.79 Å². The van der Waals surface area contributed by atoms with Crippen LogP contribution in [0.1, 0.15) is 24.1 Å². The van der Waals surface area contributed by atoms with E-state index in [9.17, 15) is 18.0 Å². The van der Waals surface area contributed by atoms with Crippen LogP contribution in [-0.4, -0.2) is 104 Å². The summed E-state index contributed by atoms with van der Waals surface area (Å²) in [7, 11) is 2.09. The second-order valence-electron chi connectivity index (χ2n) is 12.0. The maximum Gasteiger partial charge on any atom is 0.573 e. The summed E-state index contributed by atoms with van der Waals surface area (Å²) in [5.74, 6) is 0.747. The normalized spacial score (nSPS) is 22.3. The number of rotatable bonds is 7. The van der Waals surface area contributed by atoms with Crippen LogP contribution in [0.3, 0.4) is 0 Å². The van der Waals surface area contributed by atoms with Crippen molar-refractivity contribution in [3.8, 4) is 11.8 Å². The van der Waals surface area contributed by atoms with Gasteiger partial charge in [0.2, 0.25) is 5.91 Å². The van der Waals surface area contributed by atoms with Gasteiger partial charge in [-0.2, -0.15) is 9.97 Å². The van der Waals surface area contributed by atoms with Crippen molar-refractivity contribution in [2.45, 2.75) is 44.3 Å². The standard InChI is InChI=1S/C31H36F3N7O3/c1-38-11-4-7-21(38)19-43-30-36-24-18-41(25-8-2-5-20-6-3-9-26(27(20)25)44-31(32,33)34)12-10-22(24)28(37-30)39-13-15-40(16-14-39)29(42)23-17-35-23/h2-3,5-6,8-9,21,23,35H,4,7,10-19H2,1H3/t21-,23+/m0/s1. The van der Waals surface area contributed by atoms with Gasteiger partial charge >= 0.3 is 12.4 Å². The van der Waals surface area contributed by atoms with Crippen molar-refractivity contribution in [2.75, 3.05) is 69.3 Å². The fourth-order valence-corrected chi connectivity index (χ4v) is 6.63. The van der Waals surface area contributed by atoms with E-state index in [0.29, 0.717) is 80.8 Å². The van der Waals surface area contributed by atoms with Gasteiger partial charge in [0, 0.05) is 61.9 Å². The van der Waals surface area contributed by atoms with Gasteiger partial charge in [0.25, 0.3) is 0 Å². The number of anilines is 2. The third-order valence-electron chi connectivity index (χ3n) is 9.11.